The summed E-state index contributed by atoms with van der Waals surface area (Å²) in [4.78, 5) is 8.53. The zero-order valence-electron chi connectivity index (χ0n) is 18.7. The Balaban J connectivity index is 1.27. The van der Waals surface area contributed by atoms with Crippen molar-refractivity contribution in [3.63, 3.8) is 0 Å². The molecular formula is C25H25FN6O2. The quantitative estimate of drug-likeness (QED) is 0.468. The van der Waals surface area contributed by atoms with Gasteiger partial charge >= 0.3 is 0 Å². The van der Waals surface area contributed by atoms with E-state index in [9.17, 15) is 4.39 Å². The number of aryl methyl sites for hydroxylation is 1. The van der Waals surface area contributed by atoms with Gasteiger partial charge in [0, 0.05) is 48.4 Å². The molecule has 6 heterocycles. The minimum Gasteiger partial charge on any atom is -0.488 e. The summed E-state index contributed by atoms with van der Waals surface area (Å²) in [5, 5.41) is 11.3. The van der Waals surface area contributed by atoms with Gasteiger partial charge in [-0.3, -0.25) is 4.98 Å². The molecule has 2 aliphatic rings. The number of nitrogens with zero attached hydrogens (tertiary/aromatic N) is 4. The van der Waals surface area contributed by atoms with Crippen molar-refractivity contribution in [3.05, 3.63) is 66.5 Å². The highest BCUT2D eigenvalue weighted by Gasteiger charge is 2.33. The molecule has 2 N–H and O–H groups in total. The highest BCUT2D eigenvalue weighted by molar-refractivity contribution is 5.75. The molecule has 4 aromatic heterocycles. The predicted octanol–water partition coefficient (Wildman–Crippen LogP) is 3.88. The molecule has 0 aromatic carbocycles. The molecule has 2 saturated heterocycles. The summed E-state index contributed by atoms with van der Waals surface area (Å²) in [5.41, 5.74) is 3.87. The minimum absolute atomic E-state index is 0.126. The molecule has 0 aliphatic carbocycles. The summed E-state index contributed by atoms with van der Waals surface area (Å²) < 4.78 is 27.1. The Kier molecular flexibility index (Phi) is 5.35. The third-order valence-electron chi connectivity index (χ3n) is 6.26. The van der Waals surface area contributed by atoms with Gasteiger partial charge in [0.1, 0.15) is 23.5 Å². The molecule has 0 saturated carbocycles. The van der Waals surface area contributed by atoms with Gasteiger partial charge in [0.2, 0.25) is 0 Å². The van der Waals surface area contributed by atoms with Crippen LogP contribution in [-0.4, -0.2) is 51.0 Å². The number of hydrogen-bond donors (Lipinski definition) is 2. The van der Waals surface area contributed by atoms with Crippen LogP contribution < -0.4 is 15.4 Å². The lowest BCUT2D eigenvalue weighted by molar-refractivity contribution is -0.0122. The molecular weight excluding hydrogens is 435 g/mol. The second kappa shape index (κ2) is 8.66. The van der Waals surface area contributed by atoms with E-state index < -0.39 is 0 Å². The molecule has 2 bridgehead atoms. The Morgan fingerprint density at radius 1 is 1.06 bits per heavy atom. The molecule has 6 rings (SSSR count). The first-order valence-corrected chi connectivity index (χ1v) is 11.4. The number of ether oxygens (including phenoxy) is 2. The fraction of sp³-hybridized carbons (Fsp3) is 0.320. The van der Waals surface area contributed by atoms with Crippen LogP contribution in [0.25, 0.3) is 16.6 Å². The van der Waals surface area contributed by atoms with E-state index in [1.807, 2.05) is 31.5 Å². The number of nitrogens with one attached hydrogen (secondary N) is 2. The molecule has 2 aliphatic heterocycles. The SMILES string of the molecule is Cc1cc(-c2ccn3nc(Nc4ccc(F)cn4)cc3c2)c(O[C@H]2C[C@H]3COC[C@@H](C2)N3)cn1. The third-order valence-corrected chi connectivity index (χ3v) is 6.26. The Bertz CT molecular complexity index is 1310. The average Bonchev–Trinajstić information content (AvgIpc) is 3.23. The summed E-state index contributed by atoms with van der Waals surface area (Å²) in [5.74, 6) is 1.57. The first-order valence-electron chi connectivity index (χ1n) is 11.4. The number of fused-ring (bicyclic) bond motifs is 3. The van der Waals surface area contributed by atoms with Gasteiger partial charge in [0.15, 0.2) is 5.82 Å². The molecule has 0 spiro atoms. The summed E-state index contributed by atoms with van der Waals surface area (Å²) >= 11 is 0. The number of aromatic nitrogens is 4. The molecule has 0 unspecified atom stereocenters. The summed E-state index contributed by atoms with van der Waals surface area (Å²) in [6.07, 6.45) is 6.87. The van der Waals surface area contributed by atoms with Crippen LogP contribution in [-0.2, 0) is 4.74 Å². The average molecular weight is 461 g/mol. The zero-order chi connectivity index (χ0) is 23.1. The molecule has 9 heteroatoms. The maximum atomic E-state index is 13.1. The fourth-order valence-corrected chi connectivity index (χ4v) is 4.73. The molecule has 34 heavy (non-hydrogen) atoms. The van der Waals surface area contributed by atoms with Gasteiger partial charge < -0.3 is 20.1 Å². The van der Waals surface area contributed by atoms with Gasteiger partial charge in [-0.05, 0) is 42.8 Å². The van der Waals surface area contributed by atoms with Crippen molar-refractivity contribution in [3.8, 4) is 16.9 Å². The molecule has 8 nitrogen and oxygen atoms in total. The van der Waals surface area contributed by atoms with Gasteiger partial charge in [0.05, 0.1) is 31.1 Å². The van der Waals surface area contributed by atoms with Gasteiger partial charge in [0.25, 0.3) is 0 Å². The number of hydrogen-bond acceptors (Lipinski definition) is 7. The van der Waals surface area contributed by atoms with Crippen LogP contribution in [0.15, 0.2) is 55.0 Å². The Labute approximate surface area is 196 Å². The standard InChI is InChI=1S/C25H25FN6O2/c1-15-6-22(23(12-27-15)34-21-8-18-13-33-14-19(9-21)29-18)16-4-5-32-20(7-16)10-25(31-32)30-24-3-2-17(26)11-28-24/h2-7,10-12,18-19,21,29H,8-9,13-14H2,1H3,(H,28,30,31)/t18-,19+,21-. The monoisotopic (exact) mass is 460 g/mol. The van der Waals surface area contributed by atoms with Crippen molar-refractivity contribution in [1.82, 2.24) is 24.9 Å². The van der Waals surface area contributed by atoms with Gasteiger partial charge in [-0.2, -0.15) is 5.10 Å². The molecule has 0 radical (unpaired) electrons. The van der Waals surface area contributed by atoms with E-state index in [-0.39, 0.29) is 11.9 Å². The van der Waals surface area contributed by atoms with E-state index in [1.54, 1.807) is 10.6 Å². The highest BCUT2D eigenvalue weighted by Crippen LogP contribution is 2.34. The Morgan fingerprint density at radius 3 is 2.71 bits per heavy atom. The lowest BCUT2D eigenvalue weighted by Gasteiger charge is -2.40. The largest absolute Gasteiger partial charge is 0.488 e. The van der Waals surface area contributed by atoms with Crippen molar-refractivity contribution in [1.29, 1.82) is 0 Å². The van der Waals surface area contributed by atoms with Crippen LogP contribution in [0.3, 0.4) is 0 Å². The van der Waals surface area contributed by atoms with Crippen molar-refractivity contribution < 1.29 is 13.9 Å². The van der Waals surface area contributed by atoms with Gasteiger partial charge in [-0.15, -0.1) is 0 Å². The fourth-order valence-electron chi connectivity index (χ4n) is 4.73. The van der Waals surface area contributed by atoms with E-state index in [2.05, 4.69) is 37.8 Å². The number of rotatable bonds is 5. The lowest BCUT2D eigenvalue weighted by atomic mass is 9.94. The van der Waals surface area contributed by atoms with Crippen molar-refractivity contribution in [2.45, 2.75) is 38.0 Å². The predicted molar refractivity (Wildman–Crippen MR) is 126 cm³/mol. The number of anilines is 2. The second-order valence-corrected chi connectivity index (χ2v) is 8.93. The van der Waals surface area contributed by atoms with Crippen molar-refractivity contribution >= 4 is 17.2 Å². The van der Waals surface area contributed by atoms with Crippen molar-refractivity contribution in [2.75, 3.05) is 18.5 Å². The molecule has 174 valence electrons. The maximum Gasteiger partial charge on any atom is 0.154 e. The summed E-state index contributed by atoms with van der Waals surface area (Å²) in [6.45, 7) is 3.45. The zero-order valence-corrected chi connectivity index (χ0v) is 18.7. The molecule has 0 amide bonds. The van der Waals surface area contributed by atoms with E-state index >= 15 is 0 Å². The minimum atomic E-state index is -0.378. The topological polar surface area (TPSA) is 85.6 Å². The number of pyridine rings is 3. The Morgan fingerprint density at radius 2 is 1.91 bits per heavy atom. The van der Waals surface area contributed by atoms with E-state index in [4.69, 9.17) is 9.47 Å². The van der Waals surface area contributed by atoms with E-state index in [0.29, 0.717) is 23.7 Å². The van der Waals surface area contributed by atoms with Crippen LogP contribution in [0.2, 0.25) is 0 Å². The van der Waals surface area contributed by atoms with Crippen LogP contribution in [0.1, 0.15) is 18.5 Å². The number of halogens is 1. The highest BCUT2D eigenvalue weighted by atomic mass is 19.1. The molecule has 4 aromatic rings. The van der Waals surface area contributed by atoms with E-state index in [0.717, 1.165) is 54.1 Å². The Hall–Kier alpha value is -3.56. The van der Waals surface area contributed by atoms with Gasteiger partial charge in [-0.1, -0.05) is 0 Å². The molecule has 2 fully saturated rings. The van der Waals surface area contributed by atoms with Crippen LogP contribution in [0.4, 0.5) is 16.0 Å². The van der Waals surface area contributed by atoms with Crippen LogP contribution in [0.5, 0.6) is 5.75 Å². The van der Waals surface area contributed by atoms with Crippen LogP contribution >= 0.6 is 0 Å². The molecule has 3 atom stereocenters. The van der Waals surface area contributed by atoms with Crippen molar-refractivity contribution in [2.24, 2.45) is 0 Å². The number of piperidine rings is 1. The van der Waals surface area contributed by atoms with Crippen LogP contribution in [0, 0.1) is 12.7 Å². The summed E-state index contributed by atoms with van der Waals surface area (Å²) in [6, 6.07) is 11.7. The maximum absolute atomic E-state index is 13.1. The first-order chi connectivity index (χ1) is 16.6. The van der Waals surface area contributed by atoms with E-state index in [1.165, 1.54) is 12.3 Å². The number of morpholine rings is 1. The first kappa shape index (κ1) is 21.0. The second-order valence-electron chi connectivity index (χ2n) is 8.93. The lowest BCUT2D eigenvalue weighted by Crippen LogP contribution is -2.56. The third kappa shape index (κ3) is 4.32. The smallest absolute Gasteiger partial charge is 0.154 e. The summed E-state index contributed by atoms with van der Waals surface area (Å²) in [7, 11) is 0. The normalized spacial score (nSPS) is 22.0. The van der Waals surface area contributed by atoms with Gasteiger partial charge in [-0.25, -0.2) is 13.9 Å².